The van der Waals surface area contributed by atoms with Crippen LogP contribution in [0, 0.1) is 0 Å². The van der Waals surface area contributed by atoms with E-state index in [4.69, 9.17) is 0 Å². The number of nitrogens with one attached hydrogen (secondary N) is 1. The lowest BCUT2D eigenvalue weighted by atomic mass is 9.79. The first kappa shape index (κ1) is 13.1. The predicted octanol–water partition coefficient (Wildman–Crippen LogP) is 2.62. The van der Waals surface area contributed by atoms with Crippen molar-refractivity contribution in [2.45, 2.75) is 38.6 Å². The molecular weight excluding hydrogens is 224 g/mol. The van der Waals surface area contributed by atoms with Gasteiger partial charge in [0.25, 0.3) is 0 Å². The van der Waals surface area contributed by atoms with E-state index in [1.54, 1.807) is 6.92 Å². The highest BCUT2D eigenvalue weighted by atomic mass is 16.1. The minimum atomic E-state index is -0.00928. The zero-order chi connectivity index (χ0) is 13.3. The second-order valence-electron chi connectivity index (χ2n) is 5.45. The summed E-state index contributed by atoms with van der Waals surface area (Å²) in [6.45, 7) is 3.84. The maximum Gasteiger partial charge on any atom is 0.221 e. The van der Waals surface area contributed by atoms with Crippen molar-refractivity contribution in [3.63, 3.8) is 0 Å². The van der Waals surface area contributed by atoms with Crippen LogP contribution in [0.3, 0.4) is 0 Å². The summed E-state index contributed by atoms with van der Waals surface area (Å²) >= 11 is 0. The first-order valence-corrected chi connectivity index (χ1v) is 6.56. The van der Waals surface area contributed by atoms with Crippen molar-refractivity contribution in [3.8, 4) is 0 Å². The van der Waals surface area contributed by atoms with Crippen LogP contribution in [-0.4, -0.2) is 30.9 Å². The number of nitrogens with zero attached hydrogens (tertiary/aromatic N) is 1. The molecule has 1 aliphatic rings. The zero-order valence-electron chi connectivity index (χ0n) is 11.7. The van der Waals surface area contributed by atoms with Crippen molar-refractivity contribution < 1.29 is 4.79 Å². The van der Waals surface area contributed by atoms with Gasteiger partial charge in [0.1, 0.15) is 0 Å². The molecular formula is C15H22N2O. The van der Waals surface area contributed by atoms with E-state index < -0.39 is 0 Å². The normalized spacial score (nSPS) is 22.7. The number of carbonyl (C=O) groups excluding carboxylic acids is 1. The number of rotatable bonds is 2. The van der Waals surface area contributed by atoms with Crippen LogP contribution in [0.15, 0.2) is 18.2 Å². The number of fused-ring (bicyclic) bond motifs is 1. The van der Waals surface area contributed by atoms with Crippen molar-refractivity contribution >= 4 is 11.6 Å². The molecule has 18 heavy (non-hydrogen) atoms. The Morgan fingerprint density at radius 3 is 2.72 bits per heavy atom. The summed E-state index contributed by atoms with van der Waals surface area (Å²) in [6.07, 6.45) is 2.28. The largest absolute Gasteiger partial charge is 0.326 e. The topological polar surface area (TPSA) is 32.3 Å². The van der Waals surface area contributed by atoms with Crippen LogP contribution in [-0.2, 0) is 11.2 Å². The molecule has 0 radical (unpaired) electrons. The van der Waals surface area contributed by atoms with Gasteiger partial charge in [0.05, 0.1) is 0 Å². The summed E-state index contributed by atoms with van der Waals surface area (Å²) in [4.78, 5) is 13.4. The molecule has 3 heteroatoms. The number of aryl methyl sites for hydroxylation is 1. The van der Waals surface area contributed by atoms with Gasteiger partial charge in [-0.2, -0.15) is 0 Å². The van der Waals surface area contributed by atoms with Crippen LogP contribution in [0.2, 0.25) is 0 Å². The molecule has 0 aromatic heterocycles. The highest BCUT2D eigenvalue weighted by molar-refractivity contribution is 5.88. The quantitative estimate of drug-likeness (QED) is 0.870. The Balaban J connectivity index is 2.26. The maximum absolute atomic E-state index is 11.1. The van der Waals surface area contributed by atoms with Crippen molar-refractivity contribution in [3.05, 3.63) is 29.3 Å². The molecule has 0 saturated heterocycles. The van der Waals surface area contributed by atoms with E-state index in [1.165, 1.54) is 17.5 Å². The van der Waals surface area contributed by atoms with Crippen LogP contribution in [0.1, 0.15) is 37.3 Å². The monoisotopic (exact) mass is 246 g/mol. The standard InChI is InChI=1S/C15H22N2O/c1-10-14-7-6-13(16-11(2)18)9-12(14)5-8-15(10)17(3)4/h6-7,9-10,15H,5,8H2,1-4H3,(H,16,18). The van der Waals surface area contributed by atoms with E-state index in [-0.39, 0.29) is 5.91 Å². The third kappa shape index (κ3) is 2.56. The van der Waals surface area contributed by atoms with Crippen LogP contribution < -0.4 is 5.32 Å². The molecule has 1 aliphatic carbocycles. The first-order chi connectivity index (χ1) is 8.49. The highest BCUT2D eigenvalue weighted by Crippen LogP contribution is 2.34. The summed E-state index contributed by atoms with van der Waals surface area (Å²) in [5.74, 6) is 0.542. The fraction of sp³-hybridized carbons (Fsp3) is 0.533. The summed E-state index contributed by atoms with van der Waals surface area (Å²) in [6, 6.07) is 6.92. The summed E-state index contributed by atoms with van der Waals surface area (Å²) in [5, 5.41) is 2.85. The molecule has 1 aromatic carbocycles. The van der Waals surface area contributed by atoms with Crippen molar-refractivity contribution in [1.82, 2.24) is 4.90 Å². The van der Waals surface area contributed by atoms with Gasteiger partial charge in [0, 0.05) is 18.7 Å². The number of carbonyl (C=O) groups is 1. The molecule has 0 heterocycles. The molecule has 0 spiro atoms. The number of likely N-dealkylation sites (N-methyl/N-ethyl adjacent to an activating group) is 1. The third-order valence-corrected chi connectivity index (χ3v) is 3.90. The summed E-state index contributed by atoms with van der Waals surface area (Å²) in [7, 11) is 4.30. The molecule has 2 rings (SSSR count). The van der Waals surface area contributed by atoms with E-state index in [0.29, 0.717) is 12.0 Å². The van der Waals surface area contributed by atoms with E-state index in [9.17, 15) is 4.79 Å². The lowest BCUT2D eigenvalue weighted by molar-refractivity contribution is -0.114. The number of anilines is 1. The average Bonchev–Trinajstić information content (AvgIpc) is 2.27. The van der Waals surface area contributed by atoms with Crippen molar-refractivity contribution in [2.75, 3.05) is 19.4 Å². The Kier molecular flexibility index (Phi) is 3.71. The van der Waals surface area contributed by atoms with E-state index >= 15 is 0 Å². The second kappa shape index (κ2) is 5.11. The Morgan fingerprint density at radius 2 is 2.11 bits per heavy atom. The van der Waals surface area contributed by atoms with Crippen LogP contribution in [0.25, 0.3) is 0 Å². The van der Waals surface area contributed by atoms with Gasteiger partial charge in [-0.25, -0.2) is 0 Å². The minimum absolute atomic E-state index is 0.00928. The minimum Gasteiger partial charge on any atom is -0.326 e. The lowest BCUT2D eigenvalue weighted by Crippen LogP contribution is -2.36. The van der Waals surface area contributed by atoms with E-state index in [2.05, 4.69) is 43.4 Å². The SMILES string of the molecule is CC(=O)Nc1ccc2c(c1)CCC(N(C)C)C2C. The lowest BCUT2D eigenvalue weighted by Gasteiger charge is -2.36. The molecule has 2 atom stereocenters. The Morgan fingerprint density at radius 1 is 1.39 bits per heavy atom. The zero-order valence-corrected chi connectivity index (χ0v) is 11.7. The van der Waals surface area contributed by atoms with Gasteiger partial charge in [0.2, 0.25) is 5.91 Å². The molecule has 0 aliphatic heterocycles. The van der Waals surface area contributed by atoms with Crippen molar-refractivity contribution in [2.24, 2.45) is 0 Å². The molecule has 0 bridgehead atoms. The number of benzene rings is 1. The maximum atomic E-state index is 11.1. The smallest absolute Gasteiger partial charge is 0.221 e. The Hall–Kier alpha value is -1.35. The van der Waals surface area contributed by atoms with Gasteiger partial charge in [-0.1, -0.05) is 13.0 Å². The number of amides is 1. The molecule has 1 aromatic rings. The van der Waals surface area contributed by atoms with E-state index in [0.717, 1.165) is 12.1 Å². The fourth-order valence-corrected chi connectivity index (χ4v) is 3.01. The van der Waals surface area contributed by atoms with Crippen LogP contribution in [0.5, 0.6) is 0 Å². The van der Waals surface area contributed by atoms with Gasteiger partial charge >= 0.3 is 0 Å². The van der Waals surface area contributed by atoms with E-state index in [1.807, 2.05) is 6.07 Å². The fourth-order valence-electron chi connectivity index (χ4n) is 3.01. The summed E-state index contributed by atoms with van der Waals surface area (Å²) in [5.41, 5.74) is 3.72. The molecule has 0 saturated carbocycles. The molecule has 1 amide bonds. The van der Waals surface area contributed by atoms with Crippen molar-refractivity contribution in [1.29, 1.82) is 0 Å². The Labute approximate surface area is 109 Å². The Bertz CT molecular complexity index is 454. The van der Waals surface area contributed by atoms with Crippen LogP contribution in [0.4, 0.5) is 5.69 Å². The highest BCUT2D eigenvalue weighted by Gasteiger charge is 2.27. The summed E-state index contributed by atoms with van der Waals surface area (Å²) < 4.78 is 0. The van der Waals surface area contributed by atoms with Gasteiger partial charge < -0.3 is 10.2 Å². The molecule has 0 fully saturated rings. The van der Waals surface area contributed by atoms with Gasteiger partial charge in [-0.15, -0.1) is 0 Å². The second-order valence-corrected chi connectivity index (χ2v) is 5.45. The molecule has 3 nitrogen and oxygen atoms in total. The van der Waals surface area contributed by atoms with Gasteiger partial charge in [0.15, 0.2) is 0 Å². The average molecular weight is 246 g/mol. The molecule has 2 unspecified atom stereocenters. The molecule has 98 valence electrons. The number of hydrogen-bond donors (Lipinski definition) is 1. The third-order valence-electron chi connectivity index (χ3n) is 3.90. The van der Waals surface area contributed by atoms with Gasteiger partial charge in [-0.05, 0) is 56.1 Å². The van der Waals surface area contributed by atoms with Gasteiger partial charge in [-0.3, -0.25) is 4.79 Å². The first-order valence-electron chi connectivity index (χ1n) is 6.56. The van der Waals surface area contributed by atoms with Crippen LogP contribution >= 0.6 is 0 Å². The molecule has 1 N–H and O–H groups in total. The predicted molar refractivity (Wildman–Crippen MR) is 75.0 cm³/mol. The number of hydrogen-bond acceptors (Lipinski definition) is 2.